The fraction of sp³-hybridized carbons (Fsp3) is 0.206. The summed E-state index contributed by atoms with van der Waals surface area (Å²) in [4.78, 5) is 0. The summed E-state index contributed by atoms with van der Waals surface area (Å²) in [5.74, 6) is 3.32. The lowest BCUT2D eigenvalue weighted by molar-refractivity contribution is -0.686. The van der Waals surface area contributed by atoms with Crippen molar-refractivity contribution in [3.8, 4) is 34.3 Å². The summed E-state index contributed by atoms with van der Waals surface area (Å²) in [5, 5.41) is 2.22. The number of pyridine rings is 1. The van der Waals surface area contributed by atoms with Crippen molar-refractivity contribution >= 4 is 10.8 Å². The van der Waals surface area contributed by atoms with Crippen LogP contribution in [0.3, 0.4) is 0 Å². The van der Waals surface area contributed by atoms with Gasteiger partial charge in [-0.05, 0) is 47.4 Å². The molecule has 2 aliphatic heterocycles. The molecule has 0 unspecified atom stereocenters. The largest absolute Gasteiger partial charge is 0.493 e. The molecule has 5 aromatic rings. The zero-order valence-electron chi connectivity index (χ0n) is 22.1. The highest BCUT2D eigenvalue weighted by Crippen LogP contribution is 2.45. The van der Waals surface area contributed by atoms with Gasteiger partial charge in [-0.2, -0.15) is 4.57 Å². The minimum absolute atomic E-state index is 0.176. The van der Waals surface area contributed by atoms with Crippen LogP contribution in [0, 0.1) is 0 Å². The molecule has 0 N–H and O–H groups in total. The Hall–Kier alpha value is -4.51. The average Bonchev–Trinajstić information content (AvgIpc) is 3.45. The first kappa shape index (κ1) is 23.6. The topological polar surface area (TPSA) is 40.8 Å². The minimum Gasteiger partial charge on any atom is -0.493 e. The van der Waals surface area contributed by atoms with Crippen LogP contribution in [0.25, 0.3) is 22.0 Å². The van der Waals surface area contributed by atoms with Gasteiger partial charge in [0.15, 0.2) is 35.7 Å². The first-order valence-electron chi connectivity index (χ1n) is 13.4. The Morgan fingerprint density at radius 3 is 2.15 bits per heavy atom. The number of fused-ring (bicyclic) bond motifs is 5. The second kappa shape index (κ2) is 9.66. The van der Waals surface area contributed by atoms with Gasteiger partial charge >= 0.3 is 0 Å². The molecular weight excluding hydrogens is 486 g/mol. The molecule has 0 bridgehead atoms. The van der Waals surface area contributed by atoms with Crippen molar-refractivity contribution in [2.24, 2.45) is 0 Å². The van der Waals surface area contributed by atoms with Crippen LogP contribution in [-0.2, 0) is 19.4 Å². The van der Waals surface area contributed by atoms with E-state index in [-0.39, 0.29) is 12.7 Å². The van der Waals surface area contributed by atoms with Crippen LogP contribution < -0.4 is 23.5 Å². The van der Waals surface area contributed by atoms with Gasteiger partial charge in [0.2, 0.25) is 12.5 Å². The average molecular weight is 517 g/mol. The SMILES string of the molecule is COc1ccc2c(CC(c3ccccc3)c3ccccc3)c3[n+](cc2c1OC)CCc1cc2c(cc1-3)OCO2. The quantitative estimate of drug-likeness (QED) is 0.243. The normalized spacial score (nSPS) is 13.3. The summed E-state index contributed by atoms with van der Waals surface area (Å²) >= 11 is 0. The maximum atomic E-state index is 5.92. The number of hydrogen-bond acceptors (Lipinski definition) is 4. The summed E-state index contributed by atoms with van der Waals surface area (Å²) in [5.41, 5.74) is 7.59. The molecule has 4 aromatic carbocycles. The van der Waals surface area contributed by atoms with Gasteiger partial charge in [0.1, 0.15) is 0 Å². The van der Waals surface area contributed by atoms with Gasteiger partial charge in [-0.15, -0.1) is 0 Å². The standard InChI is InChI=1S/C34H30NO4/c1-36-30-14-13-25-28(18-26(22-9-5-3-6-10-22)23-11-7-4-8-12-23)33-27-19-32-31(38-21-39-32)17-24(27)15-16-35(33)20-29(25)34(30)37-2/h3-14,17,19-20,26H,15-16,18,21H2,1-2H3/q+1. The number of methoxy groups -OCH3 is 2. The predicted molar refractivity (Wildman–Crippen MR) is 151 cm³/mol. The number of hydrogen-bond donors (Lipinski definition) is 0. The molecule has 3 heterocycles. The third kappa shape index (κ3) is 3.97. The molecule has 0 atom stereocenters. The number of rotatable bonds is 6. The molecule has 0 fully saturated rings. The van der Waals surface area contributed by atoms with Gasteiger partial charge < -0.3 is 18.9 Å². The highest BCUT2D eigenvalue weighted by Gasteiger charge is 2.33. The highest BCUT2D eigenvalue weighted by molar-refractivity contribution is 5.95. The monoisotopic (exact) mass is 516 g/mol. The third-order valence-electron chi connectivity index (χ3n) is 8.05. The molecule has 0 aliphatic carbocycles. The molecule has 5 heteroatoms. The van der Waals surface area contributed by atoms with E-state index in [2.05, 4.69) is 89.6 Å². The number of ether oxygens (including phenoxy) is 4. The van der Waals surface area contributed by atoms with Gasteiger partial charge in [-0.3, -0.25) is 0 Å². The van der Waals surface area contributed by atoms with Gasteiger partial charge in [0.25, 0.3) is 0 Å². The van der Waals surface area contributed by atoms with Crippen LogP contribution >= 0.6 is 0 Å². The number of aryl methyl sites for hydroxylation is 2. The van der Waals surface area contributed by atoms with E-state index >= 15 is 0 Å². The maximum absolute atomic E-state index is 5.92. The van der Waals surface area contributed by atoms with E-state index in [1.54, 1.807) is 14.2 Å². The first-order valence-corrected chi connectivity index (χ1v) is 13.4. The Morgan fingerprint density at radius 1 is 0.795 bits per heavy atom. The van der Waals surface area contributed by atoms with E-state index in [9.17, 15) is 0 Å². The Kier molecular flexibility index (Phi) is 5.85. The van der Waals surface area contributed by atoms with E-state index in [4.69, 9.17) is 18.9 Å². The van der Waals surface area contributed by atoms with Gasteiger partial charge in [-0.1, -0.05) is 60.7 Å². The zero-order chi connectivity index (χ0) is 26.3. The molecule has 0 saturated heterocycles. The van der Waals surface area contributed by atoms with Gasteiger partial charge in [0, 0.05) is 23.3 Å². The fourth-order valence-corrected chi connectivity index (χ4v) is 6.22. The summed E-state index contributed by atoms with van der Waals surface area (Å²) < 4.78 is 25.6. The van der Waals surface area contributed by atoms with Crippen LogP contribution in [0.2, 0.25) is 0 Å². The van der Waals surface area contributed by atoms with Crippen LogP contribution in [0.4, 0.5) is 0 Å². The molecule has 2 aliphatic rings. The highest BCUT2D eigenvalue weighted by atomic mass is 16.7. The lowest BCUT2D eigenvalue weighted by Gasteiger charge is -2.24. The molecule has 7 rings (SSSR count). The molecule has 0 saturated carbocycles. The Morgan fingerprint density at radius 2 is 1.49 bits per heavy atom. The Bertz CT molecular complexity index is 1640. The van der Waals surface area contributed by atoms with Crippen molar-refractivity contribution in [3.05, 3.63) is 113 Å². The molecule has 0 radical (unpaired) electrons. The van der Waals surface area contributed by atoms with E-state index in [1.807, 2.05) is 6.07 Å². The van der Waals surface area contributed by atoms with E-state index in [0.29, 0.717) is 0 Å². The van der Waals surface area contributed by atoms with Crippen molar-refractivity contribution in [2.75, 3.05) is 21.0 Å². The van der Waals surface area contributed by atoms with Crippen LogP contribution in [0.5, 0.6) is 23.0 Å². The maximum Gasteiger partial charge on any atom is 0.231 e. The molecule has 0 amide bonds. The summed E-state index contributed by atoms with van der Waals surface area (Å²) in [6, 6.07) is 30.1. The van der Waals surface area contributed by atoms with E-state index < -0.39 is 0 Å². The first-order chi connectivity index (χ1) is 19.2. The summed E-state index contributed by atoms with van der Waals surface area (Å²) in [7, 11) is 3.41. The smallest absolute Gasteiger partial charge is 0.231 e. The number of nitrogens with zero attached hydrogens (tertiary/aromatic N) is 1. The second-order valence-corrected chi connectivity index (χ2v) is 10.1. The van der Waals surface area contributed by atoms with E-state index in [1.165, 1.54) is 38.9 Å². The van der Waals surface area contributed by atoms with Crippen LogP contribution in [0.15, 0.2) is 91.1 Å². The molecule has 0 spiro atoms. The number of benzene rings is 4. The van der Waals surface area contributed by atoms with Crippen molar-refractivity contribution in [3.63, 3.8) is 0 Å². The number of aromatic nitrogens is 1. The Labute approximate surface area is 228 Å². The molecule has 1 aromatic heterocycles. The molecule has 194 valence electrons. The molecule has 39 heavy (non-hydrogen) atoms. The lowest BCUT2D eigenvalue weighted by Crippen LogP contribution is -2.41. The van der Waals surface area contributed by atoms with Crippen molar-refractivity contribution in [1.82, 2.24) is 0 Å². The van der Waals surface area contributed by atoms with Crippen molar-refractivity contribution in [1.29, 1.82) is 0 Å². The fourth-order valence-electron chi connectivity index (χ4n) is 6.22. The lowest BCUT2D eigenvalue weighted by atomic mass is 9.82. The van der Waals surface area contributed by atoms with Crippen molar-refractivity contribution in [2.45, 2.75) is 25.3 Å². The van der Waals surface area contributed by atoms with Gasteiger partial charge in [-0.25, -0.2) is 0 Å². The Balaban J connectivity index is 1.51. The summed E-state index contributed by atoms with van der Waals surface area (Å²) in [6.45, 7) is 1.14. The van der Waals surface area contributed by atoms with Gasteiger partial charge in [0.05, 0.1) is 25.2 Å². The zero-order valence-corrected chi connectivity index (χ0v) is 22.1. The van der Waals surface area contributed by atoms with Crippen LogP contribution in [-0.4, -0.2) is 21.0 Å². The minimum atomic E-state index is 0.176. The third-order valence-corrected chi connectivity index (χ3v) is 8.05. The molecular formula is C34H30NO4+. The predicted octanol–water partition coefficient (Wildman–Crippen LogP) is 6.47. The second-order valence-electron chi connectivity index (χ2n) is 10.1. The van der Waals surface area contributed by atoms with Crippen molar-refractivity contribution < 1.29 is 23.5 Å². The summed E-state index contributed by atoms with van der Waals surface area (Å²) in [6.07, 6.45) is 3.97. The van der Waals surface area contributed by atoms with E-state index in [0.717, 1.165) is 47.8 Å². The van der Waals surface area contributed by atoms with Crippen LogP contribution in [0.1, 0.15) is 28.2 Å². The molecule has 5 nitrogen and oxygen atoms in total.